The first-order valence-electron chi connectivity index (χ1n) is 11.9. The lowest BCUT2D eigenvalue weighted by atomic mass is 9.73. The number of amides is 1. The van der Waals surface area contributed by atoms with Gasteiger partial charge in [0.05, 0.1) is 16.6 Å². The van der Waals surface area contributed by atoms with Crippen molar-refractivity contribution in [3.63, 3.8) is 0 Å². The minimum Gasteiger partial charge on any atom is -0.345 e. The van der Waals surface area contributed by atoms with Crippen LogP contribution in [0.4, 0.5) is 17.6 Å². The second kappa shape index (κ2) is 9.19. The predicted molar refractivity (Wildman–Crippen MR) is 129 cm³/mol. The van der Waals surface area contributed by atoms with E-state index in [0.717, 1.165) is 5.56 Å². The third kappa shape index (κ3) is 4.54. The van der Waals surface area contributed by atoms with Gasteiger partial charge in [-0.15, -0.1) is 0 Å². The number of hydrogen-bond donors (Lipinski definition) is 1. The van der Waals surface area contributed by atoms with Crippen molar-refractivity contribution in [1.29, 1.82) is 0 Å². The Labute approximate surface area is 205 Å². The lowest BCUT2D eigenvalue weighted by Gasteiger charge is -2.34. The quantitative estimate of drug-likeness (QED) is 0.324. The Balaban J connectivity index is 1.41. The largest absolute Gasteiger partial charge is 0.399 e. The van der Waals surface area contributed by atoms with Gasteiger partial charge in [-0.25, -0.2) is 9.37 Å². The van der Waals surface area contributed by atoms with E-state index in [4.69, 9.17) is 0 Å². The van der Waals surface area contributed by atoms with Gasteiger partial charge in [-0.2, -0.15) is 13.2 Å². The number of benzene rings is 2. The van der Waals surface area contributed by atoms with E-state index in [0.29, 0.717) is 53.2 Å². The fraction of sp³-hybridized carbons (Fsp3) is 0.370. The van der Waals surface area contributed by atoms with Crippen LogP contribution >= 0.6 is 0 Å². The average molecular weight is 499 g/mol. The zero-order valence-corrected chi connectivity index (χ0v) is 19.9. The molecule has 1 aliphatic carbocycles. The van der Waals surface area contributed by atoms with Gasteiger partial charge in [0.15, 0.2) is 0 Å². The molecular weight excluding hydrogens is 472 g/mol. The monoisotopic (exact) mass is 498 g/mol. The molecule has 1 unspecified atom stereocenters. The summed E-state index contributed by atoms with van der Waals surface area (Å²) < 4.78 is 56.9. The number of pyridine rings is 1. The first-order chi connectivity index (χ1) is 17.1. The van der Waals surface area contributed by atoms with Gasteiger partial charge in [0, 0.05) is 31.2 Å². The zero-order valence-electron chi connectivity index (χ0n) is 19.9. The molecule has 2 aromatic heterocycles. The third-order valence-electron chi connectivity index (χ3n) is 7.22. The van der Waals surface area contributed by atoms with Crippen LogP contribution in [-0.2, 0) is 0 Å². The summed E-state index contributed by atoms with van der Waals surface area (Å²) in [5.74, 6) is -3.03. The summed E-state index contributed by atoms with van der Waals surface area (Å²) in [4.78, 5) is 25.1. The number of hydrogen-bond acceptors (Lipinski definition) is 3. The molecule has 5 nitrogen and oxygen atoms in total. The molecule has 1 amide bonds. The lowest BCUT2D eigenvalue weighted by Crippen LogP contribution is -2.31. The Bertz CT molecular complexity index is 1420. The molecule has 1 N–H and O–H groups in total. The molecule has 0 saturated heterocycles. The molecule has 36 heavy (non-hydrogen) atoms. The van der Waals surface area contributed by atoms with Crippen LogP contribution in [0.3, 0.4) is 0 Å². The summed E-state index contributed by atoms with van der Waals surface area (Å²) >= 11 is 0. The minimum absolute atomic E-state index is 0.0395. The van der Waals surface area contributed by atoms with Gasteiger partial charge in [0.2, 0.25) is 0 Å². The number of halogens is 4. The first kappa shape index (κ1) is 24.2. The van der Waals surface area contributed by atoms with Crippen LogP contribution < -0.4 is 0 Å². The molecule has 1 aliphatic rings. The third-order valence-corrected chi connectivity index (χ3v) is 7.22. The van der Waals surface area contributed by atoms with E-state index in [1.807, 2.05) is 6.07 Å². The van der Waals surface area contributed by atoms with Crippen molar-refractivity contribution in [2.45, 2.75) is 43.7 Å². The molecule has 1 fully saturated rings. The summed E-state index contributed by atoms with van der Waals surface area (Å²) in [6, 6.07) is 11.0. The maximum Gasteiger partial charge on any atom is 0.399 e. The number of alkyl halides is 3. The Kier molecular flexibility index (Phi) is 6.18. The summed E-state index contributed by atoms with van der Waals surface area (Å²) in [6.45, 7) is 0. The Morgan fingerprint density at radius 2 is 1.75 bits per heavy atom. The van der Waals surface area contributed by atoms with E-state index >= 15 is 0 Å². The summed E-state index contributed by atoms with van der Waals surface area (Å²) in [5.41, 5.74) is 2.80. The highest BCUT2D eigenvalue weighted by molar-refractivity contribution is 5.97. The average Bonchev–Trinajstić information content (AvgIpc) is 3.25. The van der Waals surface area contributed by atoms with Gasteiger partial charge in [-0.1, -0.05) is 0 Å². The second-order valence-electron chi connectivity index (χ2n) is 9.75. The van der Waals surface area contributed by atoms with Gasteiger partial charge in [-0.05, 0) is 85.5 Å². The van der Waals surface area contributed by atoms with Crippen LogP contribution in [0, 0.1) is 11.7 Å². The fourth-order valence-corrected chi connectivity index (χ4v) is 5.47. The van der Waals surface area contributed by atoms with E-state index in [-0.39, 0.29) is 23.5 Å². The number of aromatic amines is 1. The molecule has 1 atom stereocenters. The van der Waals surface area contributed by atoms with Crippen molar-refractivity contribution in [2.75, 3.05) is 14.1 Å². The van der Waals surface area contributed by atoms with Crippen LogP contribution in [-0.4, -0.2) is 46.0 Å². The number of aromatic nitrogens is 3. The molecule has 0 spiro atoms. The van der Waals surface area contributed by atoms with E-state index in [2.05, 4.69) is 15.0 Å². The summed E-state index contributed by atoms with van der Waals surface area (Å²) in [5, 5.41) is 0.716. The number of nitrogens with zero attached hydrogens (tertiary/aromatic N) is 3. The number of H-pyrrole nitrogens is 1. The first-order valence-corrected chi connectivity index (χ1v) is 11.9. The summed E-state index contributed by atoms with van der Waals surface area (Å²) in [6.07, 6.45) is -0.933. The van der Waals surface area contributed by atoms with Gasteiger partial charge in [-0.3, -0.25) is 9.78 Å². The van der Waals surface area contributed by atoms with Gasteiger partial charge in [0.1, 0.15) is 17.6 Å². The number of rotatable bonds is 4. The predicted octanol–water partition coefficient (Wildman–Crippen LogP) is 6.57. The molecular formula is C27H26F4N4O. The Morgan fingerprint density at radius 3 is 2.44 bits per heavy atom. The molecule has 0 bridgehead atoms. The summed E-state index contributed by atoms with van der Waals surface area (Å²) in [7, 11) is 3.23. The van der Waals surface area contributed by atoms with Crippen LogP contribution in [0.25, 0.3) is 21.9 Å². The molecule has 5 rings (SSSR count). The number of carbonyl (C=O) groups excluding carboxylic acids is 1. The molecule has 4 aromatic rings. The highest BCUT2D eigenvalue weighted by Gasteiger charge is 2.48. The molecule has 0 aliphatic heterocycles. The highest BCUT2D eigenvalue weighted by Crippen LogP contribution is 2.48. The van der Waals surface area contributed by atoms with Crippen molar-refractivity contribution in [1.82, 2.24) is 19.9 Å². The second-order valence-corrected chi connectivity index (χ2v) is 9.75. The molecule has 188 valence electrons. The number of nitrogens with one attached hydrogen (secondary N) is 1. The number of carbonyl (C=O) groups is 1. The van der Waals surface area contributed by atoms with Crippen molar-refractivity contribution < 1.29 is 22.4 Å². The van der Waals surface area contributed by atoms with Crippen LogP contribution in [0.15, 0.2) is 48.7 Å². The van der Waals surface area contributed by atoms with E-state index in [1.54, 1.807) is 44.6 Å². The molecule has 9 heteroatoms. The Morgan fingerprint density at radius 1 is 1.03 bits per heavy atom. The lowest BCUT2D eigenvalue weighted by molar-refractivity contribution is -0.166. The highest BCUT2D eigenvalue weighted by atomic mass is 19.4. The van der Waals surface area contributed by atoms with E-state index < -0.39 is 18.0 Å². The van der Waals surface area contributed by atoms with Gasteiger partial charge < -0.3 is 9.88 Å². The molecule has 1 saturated carbocycles. The SMILES string of the molecule is CN(C)C(=O)c1ccc2nc(C(C3CCC(c4ccnc5ccc(F)cc45)CC3)C(F)(F)F)[nH]c2c1. The number of imidazole rings is 1. The van der Waals surface area contributed by atoms with Gasteiger partial charge in [0.25, 0.3) is 5.91 Å². The van der Waals surface area contributed by atoms with E-state index in [1.165, 1.54) is 17.0 Å². The van der Waals surface area contributed by atoms with Gasteiger partial charge >= 0.3 is 6.18 Å². The number of fused-ring (bicyclic) bond motifs is 2. The zero-order chi connectivity index (χ0) is 25.6. The fourth-order valence-electron chi connectivity index (χ4n) is 5.47. The standard InChI is InChI=1S/C27H26F4N4O/c1-35(2)26(36)17-7-9-22-23(13-17)34-25(33-22)24(27(29,30)31)16-5-3-15(4-6-16)19-11-12-32-21-10-8-18(28)14-20(19)21/h7-16,24H,3-6H2,1-2H3,(H,33,34). The Hall–Kier alpha value is -3.49. The maximum atomic E-state index is 14.3. The minimum atomic E-state index is -4.47. The smallest absolute Gasteiger partial charge is 0.345 e. The van der Waals surface area contributed by atoms with Crippen molar-refractivity contribution >= 4 is 27.8 Å². The molecule has 2 aromatic carbocycles. The normalized spacial score (nSPS) is 19.5. The maximum absolute atomic E-state index is 14.3. The topological polar surface area (TPSA) is 61.9 Å². The molecule has 2 heterocycles. The van der Waals surface area contributed by atoms with E-state index in [9.17, 15) is 22.4 Å². The molecule has 0 radical (unpaired) electrons. The van der Waals surface area contributed by atoms with Crippen molar-refractivity contribution in [3.8, 4) is 0 Å². The van der Waals surface area contributed by atoms with Crippen molar-refractivity contribution in [2.24, 2.45) is 5.92 Å². The van der Waals surface area contributed by atoms with Crippen LogP contribution in [0.2, 0.25) is 0 Å². The van der Waals surface area contributed by atoms with Crippen LogP contribution in [0.1, 0.15) is 59.3 Å². The van der Waals surface area contributed by atoms with Crippen molar-refractivity contribution in [3.05, 3.63) is 71.4 Å². The van der Waals surface area contributed by atoms with Crippen LogP contribution in [0.5, 0.6) is 0 Å².